The summed E-state index contributed by atoms with van der Waals surface area (Å²) >= 11 is 0. The van der Waals surface area contributed by atoms with Crippen molar-refractivity contribution in [2.75, 3.05) is 40.9 Å². The van der Waals surface area contributed by atoms with Crippen LogP contribution in [-0.2, 0) is 14.3 Å². The van der Waals surface area contributed by atoms with Crippen LogP contribution in [0.2, 0.25) is 0 Å². The van der Waals surface area contributed by atoms with E-state index in [9.17, 15) is 14.4 Å². The number of carboxylic acid groups (broad SMARTS) is 1. The molecule has 0 saturated heterocycles. The first-order valence-corrected chi connectivity index (χ1v) is 5.80. The Labute approximate surface area is 112 Å². The van der Waals surface area contributed by atoms with E-state index in [1.807, 2.05) is 0 Å². The third-order valence-corrected chi connectivity index (χ3v) is 2.42. The number of methoxy groups -OCH3 is 1. The largest absolute Gasteiger partial charge is 0.480 e. The van der Waals surface area contributed by atoms with E-state index in [0.29, 0.717) is 6.54 Å². The average Bonchev–Trinajstić information content (AvgIpc) is 2.34. The van der Waals surface area contributed by atoms with Crippen molar-refractivity contribution in [3.63, 3.8) is 0 Å². The van der Waals surface area contributed by atoms with E-state index in [1.54, 1.807) is 21.0 Å². The number of aliphatic carboxylic acids is 1. The fourth-order valence-electron chi connectivity index (χ4n) is 1.21. The molecule has 0 aliphatic rings. The summed E-state index contributed by atoms with van der Waals surface area (Å²) in [5, 5.41) is 11.2. The first-order chi connectivity index (χ1) is 8.83. The summed E-state index contributed by atoms with van der Waals surface area (Å²) in [6, 6.07) is -1.75. The predicted molar refractivity (Wildman–Crippen MR) is 67.8 cm³/mol. The number of rotatable bonds is 7. The molecule has 8 nitrogen and oxygen atoms in total. The summed E-state index contributed by atoms with van der Waals surface area (Å²) in [4.78, 5) is 36.8. The van der Waals surface area contributed by atoms with Crippen molar-refractivity contribution < 1.29 is 24.2 Å². The quantitative estimate of drug-likeness (QED) is 0.634. The lowest BCUT2D eigenvalue weighted by atomic mass is 10.3. The molecular weight excluding hydrogens is 254 g/mol. The van der Waals surface area contributed by atoms with Crippen LogP contribution in [0.4, 0.5) is 4.79 Å². The van der Waals surface area contributed by atoms with Crippen molar-refractivity contribution in [3.8, 4) is 0 Å². The molecule has 8 heteroatoms. The molecule has 110 valence electrons. The van der Waals surface area contributed by atoms with Crippen LogP contribution in [0.3, 0.4) is 0 Å². The van der Waals surface area contributed by atoms with Crippen LogP contribution in [0, 0.1) is 0 Å². The van der Waals surface area contributed by atoms with Gasteiger partial charge in [-0.05, 0) is 6.92 Å². The Bertz CT molecular complexity index is 332. The SMILES string of the molecule is CCN(CC(=O)N(C)C)C(=O)NC(COC)C(=O)O. The predicted octanol–water partition coefficient (Wildman–Crippen LogP) is -0.794. The molecule has 0 aliphatic heterocycles. The van der Waals surface area contributed by atoms with Crippen molar-refractivity contribution >= 4 is 17.9 Å². The van der Waals surface area contributed by atoms with Crippen LogP contribution in [-0.4, -0.2) is 79.8 Å². The standard InChI is InChI=1S/C11H21N3O5/c1-5-14(6-9(15)13(2)3)11(18)12-8(7-19-4)10(16)17/h8H,5-7H2,1-4H3,(H,12,18)(H,16,17). The summed E-state index contributed by atoms with van der Waals surface area (Å²) in [5.41, 5.74) is 0. The van der Waals surface area contributed by atoms with Gasteiger partial charge in [0.05, 0.1) is 6.61 Å². The number of hydrogen-bond acceptors (Lipinski definition) is 4. The third kappa shape index (κ3) is 6.05. The van der Waals surface area contributed by atoms with Crippen molar-refractivity contribution in [3.05, 3.63) is 0 Å². The molecule has 1 atom stereocenters. The lowest BCUT2D eigenvalue weighted by Gasteiger charge is -2.24. The van der Waals surface area contributed by atoms with E-state index in [1.165, 1.54) is 16.9 Å². The maximum atomic E-state index is 11.8. The topological polar surface area (TPSA) is 99.2 Å². The number of nitrogens with zero attached hydrogens (tertiary/aromatic N) is 2. The highest BCUT2D eigenvalue weighted by Crippen LogP contribution is 1.95. The van der Waals surface area contributed by atoms with E-state index >= 15 is 0 Å². The van der Waals surface area contributed by atoms with Crippen LogP contribution in [0.25, 0.3) is 0 Å². The first kappa shape index (κ1) is 17.2. The molecule has 0 fully saturated rings. The highest BCUT2D eigenvalue weighted by molar-refractivity contribution is 5.86. The Kier molecular flexibility index (Phi) is 7.50. The van der Waals surface area contributed by atoms with Crippen molar-refractivity contribution in [2.24, 2.45) is 0 Å². The zero-order chi connectivity index (χ0) is 15.0. The zero-order valence-electron chi connectivity index (χ0n) is 11.7. The summed E-state index contributed by atoms with van der Waals surface area (Å²) in [6.07, 6.45) is 0. The number of ether oxygens (including phenoxy) is 1. The molecule has 0 aliphatic carbocycles. The van der Waals surface area contributed by atoms with Crippen LogP contribution < -0.4 is 5.32 Å². The molecule has 0 heterocycles. The fourth-order valence-corrected chi connectivity index (χ4v) is 1.21. The molecule has 0 aromatic carbocycles. The minimum absolute atomic E-state index is 0.103. The van der Waals surface area contributed by atoms with Gasteiger partial charge in [0.25, 0.3) is 0 Å². The minimum Gasteiger partial charge on any atom is -0.480 e. The maximum Gasteiger partial charge on any atom is 0.328 e. The Morgan fingerprint density at radius 2 is 1.89 bits per heavy atom. The number of carbonyl (C=O) groups is 3. The number of amides is 3. The summed E-state index contributed by atoms with van der Waals surface area (Å²) < 4.78 is 4.71. The van der Waals surface area contributed by atoms with E-state index in [-0.39, 0.29) is 19.1 Å². The monoisotopic (exact) mass is 275 g/mol. The molecule has 3 amide bonds. The minimum atomic E-state index is -1.19. The first-order valence-electron chi connectivity index (χ1n) is 5.80. The van der Waals surface area contributed by atoms with E-state index < -0.39 is 18.0 Å². The number of carbonyl (C=O) groups excluding carboxylic acids is 2. The van der Waals surface area contributed by atoms with E-state index in [0.717, 1.165) is 0 Å². The van der Waals surface area contributed by atoms with E-state index in [2.05, 4.69) is 5.32 Å². The summed E-state index contributed by atoms with van der Waals surface area (Å²) in [6.45, 7) is 1.76. The second-order valence-electron chi connectivity index (χ2n) is 4.10. The summed E-state index contributed by atoms with van der Waals surface area (Å²) in [5.74, 6) is -1.43. The van der Waals surface area contributed by atoms with Gasteiger partial charge in [-0.2, -0.15) is 0 Å². The van der Waals surface area contributed by atoms with Crippen molar-refractivity contribution in [1.82, 2.24) is 15.1 Å². The Morgan fingerprint density at radius 3 is 2.26 bits per heavy atom. The molecule has 2 N–H and O–H groups in total. The Morgan fingerprint density at radius 1 is 1.32 bits per heavy atom. The molecule has 1 unspecified atom stereocenters. The zero-order valence-corrected chi connectivity index (χ0v) is 11.7. The highest BCUT2D eigenvalue weighted by atomic mass is 16.5. The molecule has 0 aromatic heterocycles. The van der Waals surface area contributed by atoms with Crippen LogP contribution in [0.5, 0.6) is 0 Å². The van der Waals surface area contributed by atoms with Gasteiger partial charge in [-0.3, -0.25) is 4.79 Å². The molecule has 0 radical (unpaired) electrons. The van der Waals surface area contributed by atoms with Gasteiger partial charge in [0, 0.05) is 27.7 Å². The maximum absolute atomic E-state index is 11.8. The average molecular weight is 275 g/mol. The summed E-state index contributed by atoms with van der Waals surface area (Å²) in [7, 11) is 4.51. The normalized spacial score (nSPS) is 11.6. The lowest BCUT2D eigenvalue weighted by Crippen LogP contribution is -2.51. The number of carboxylic acids is 1. The van der Waals surface area contributed by atoms with Crippen LogP contribution in [0.1, 0.15) is 6.92 Å². The van der Waals surface area contributed by atoms with Gasteiger partial charge >= 0.3 is 12.0 Å². The highest BCUT2D eigenvalue weighted by Gasteiger charge is 2.23. The van der Waals surface area contributed by atoms with Gasteiger partial charge in [0.2, 0.25) is 5.91 Å². The molecule has 0 saturated carbocycles. The van der Waals surface area contributed by atoms with Gasteiger partial charge in [-0.25, -0.2) is 9.59 Å². The van der Waals surface area contributed by atoms with Crippen molar-refractivity contribution in [2.45, 2.75) is 13.0 Å². The third-order valence-electron chi connectivity index (χ3n) is 2.42. The van der Waals surface area contributed by atoms with Crippen LogP contribution >= 0.6 is 0 Å². The van der Waals surface area contributed by atoms with Gasteiger partial charge in [-0.1, -0.05) is 0 Å². The smallest absolute Gasteiger partial charge is 0.328 e. The van der Waals surface area contributed by atoms with Gasteiger partial charge in [0.15, 0.2) is 6.04 Å². The molecule has 0 bridgehead atoms. The molecule has 0 spiro atoms. The Hall–Kier alpha value is -1.83. The van der Waals surface area contributed by atoms with E-state index in [4.69, 9.17) is 9.84 Å². The lowest BCUT2D eigenvalue weighted by molar-refractivity contribution is -0.140. The second-order valence-corrected chi connectivity index (χ2v) is 4.10. The molecule has 0 rings (SSSR count). The van der Waals surface area contributed by atoms with Crippen molar-refractivity contribution in [1.29, 1.82) is 0 Å². The number of urea groups is 1. The Balaban J connectivity index is 4.57. The molecule has 19 heavy (non-hydrogen) atoms. The number of likely N-dealkylation sites (N-methyl/N-ethyl adjacent to an activating group) is 2. The molecular formula is C11H21N3O5. The van der Waals surface area contributed by atoms with Gasteiger partial charge < -0.3 is 25.0 Å². The molecule has 0 aromatic rings. The second kappa shape index (κ2) is 8.30. The van der Waals surface area contributed by atoms with Gasteiger partial charge in [-0.15, -0.1) is 0 Å². The number of nitrogens with one attached hydrogen (secondary N) is 1. The number of hydrogen-bond donors (Lipinski definition) is 2. The van der Waals surface area contributed by atoms with Gasteiger partial charge in [0.1, 0.15) is 6.54 Å². The van der Waals surface area contributed by atoms with Crippen LogP contribution in [0.15, 0.2) is 0 Å². The fraction of sp³-hybridized carbons (Fsp3) is 0.727.